The number of carbonyl (C=O) groups is 1. The lowest BCUT2D eigenvalue weighted by molar-refractivity contribution is -0.118. The molecule has 0 atom stereocenters. The van der Waals surface area contributed by atoms with Crippen molar-refractivity contribution in [2.24, 2.45) is 0 Å². The van der Waals surface area contributed by atoms with Gasteiger partial charge in [-0.15, -0.1) is 0 Å². The van der Waals surface area contributed by atoms with Crippen molar-refractivity contribution in [2.75, 3.05) is 0 Å². The quantitative estimate of drug-likeness (QED) is 0.470. The molecule has 0 bridgehead atoms. The largest absolute Gasteiger partial charge is 0.299 e. The van der Waals surface area contributed by atoms with E-state index in [2.05, 4.69) is 6.58 Å². The summed E-state index contributed by atoms with van der Waals surface area (Å²) in [6.45, 7) is 3.85. The van der Waals surface area contributed by atoms with Crippen molar-refractivity contribution in [3.63, 3.8) is 0 Å². The van der Waals surface area contributed by atoms with Gasteiger partial charge in [0.2, 0.25) is 0 Å². The second-order valence-electron chi connectivity index (χ2n) is 3.03. The second kappa shape index (κ2) is 3.55. The maximum atomic E-state index is 11.0. The average Bonchev–Trinajstić information content (AvgIpc) is 1.83. The maximum Gasteiger partial charge on any atom is 0.136 e. The molecule has 0 unspecified atom stereocenters. The van der Waals surface area contributed by atoms with Crippen molar-refractivity contribution in [3.05, 3.63) is 12.2 Å². The van der Waals surface area contributed by atoms with Crippen LogP contribution in [0.2, 0.25) is 0 Å². The number of ketones is 1. The number of rotatable bonds is 0. The average molecular weight is 138 g/mol. The summed E-state index contributed by atoms with van der Waals surface area (Å²) in [6, 6.07) is 0. The third-order valence-electron chi connectivity index (χ3n) is 1.93. The molecule has 0 aliphatic heterocycles. The zero-order valence-corrected chi connectivity index (χ0v) is 6.36. The van der Waals surface area contributed by atoms with Crippen LogP contribution in [-0.2, 0) is 4.79 Å². The van der Waals surface area contributed by atoms with Gasteiger partial charge in [-0.1, -0.05) is 18.6 Å². The minimum atomic E-state index is 0.379. The monoisotopic (exact) mass is 138 g/mol. The molecule has 10 heavy (non-hydrogen) atoms. The van der Waals surface area contributed by atoms with Gasteiger partial charge in [-0.2, -0.15) is 0 Å². The Labute approximate surface area is 62.1 Å². The molecule has 0 saturated heterocycles. The van der Waals surface area contributed by atoms with Crippen molar-refractivity contribution in [1.82, 2.24) is 0 Å². The van der Waals surface area contributed by atoms with Crippen LogP contribution in [0.5, 0.6) is 0 Å². The van der Waals surface area contributed by atoms with Gasteiger partial charge in [0.05, 0.1) is 0 Å². The summed E-state index contributed by atoms with van der Waals surface area (Å²) in [5.74, 6) is 0.379. The lowest BCUT2D eigenvalue weighted by Gasteiger charge is -2.08. The van der Waals surface area contributed by atoms with E-state index >= 15 is 0 Å². The van der Waals surface area contributed by atoms with Crippen molar-refractivity contribution < 1.29 is 4.79 Å². The van der Waals surface area contributed by atoms with Gasteiger partial charge < -0.3 is 0 Å². The SMILES string of the molecule is C=C1CCCCCC(=O)C1. The molecular weight excluding hydrogens is 124 g/mol. The van der Waals surface area contributed by atoms with E-state index in [1.165, 1.54) is 12.8 Å². The van der Waals surface area contributed by atoms with Gasteiger partial charge in [-0.25, -0.2) is 0 Å². The lowest BCUT2D eigenvalue weighted by atomic mass is 9.97. The summed E-state index contributed by atoms with van der Waals surface area (Å²) in [6.07, 6.45) is 5.99. The van der Waals surface area contributed by atoms with Crippen molar-refractivity contribution in [3.8, 4) is 0 Å². The summed E-state index contributed by atoms with van der Waals surface area (Å²) in [5.41, 5.74) is 1.13. The van der Waals surface area contributed by atoms with E-state index < -0.39 is 0 Å². The first-order chi connectivity index (χ1) is 4.79. The maximum absolute atomic E-state index is 11.0. The third kappa shape index (κ3) is 2.34. The normalized spacial score (nSPS) is 22.0. The number of hydrogen-bond acceptors (Lipinski definition) is 1. The molecule has 1 fully saturated rings. The Morgan fingerprint density at radius 3 is 2.60 bits per heavy atom. The van der Waals surface area contributed by atoms with Crippen molar-refractivity contribution >= 4 is 5.78 Å². The van der Waals surface area contributed by atoms with E-state index in [0.29, 0.717) is 12.2 Å². The highest BCUT2D eigenvalue weighted by molar-refractivity contribution is 5.80. The van der Waals surface area contributed by atoms with E-state index in [9.17, 15) is 4.79 Å². The molecule has 1 heteroatoms. The predicted molar refractivity (Wildman–Crippen MR) is 41.8 cm³/mol. The highest BCUT2D eigenvalue weighted by Gasteiger charge is 2.07. The zero-order valence-electron chi connectivity index (χ0n) is 6.36. The Morgan fingerprint density at radius 1 is 1.10 bits per heavy atom. The fraction of sp³-hybridized carbons (Fsp3) is 0.667. The summed E-state index contributed by atoms with van der Waals surface area (Å²) < 4.78 is 0. The van der Waals surface area contributed by atoms with Crippen LogP contribution in [0.25, 0.3) is 0 Å². The van der Waals surface area contributed by atoms with Crippen molar-refractivity contribution in [2.45, 2.75) is 38.5 Å². The molecule has 0 heterocycles. The van der Waals surface area contributed by atoms with Crippen LogP contribution in [0.15, 0.2) is 12.2 Å². The number of hydrogen-bond donors (Lipinski definition) is 0. The molecule has 1 rings (SSSR count). The molecule has 0 aromatic carbocycles. The fourth-order valence-corrected chi connectivity index (χ4v) is 1.33. The van der Waals surface area contributed by atoms with E-state index in [-0.39, 0.29) is 0 Å². The molecule has 1 aliphatic rings. The van der Waals surface area contributed by atoms with Crippen LogP contribution in [0.3, 0.4) is 0 Å². The number of Topliss-reactive ketones (excluding diaryl/α,β-unsaturated/α-hetero) is 1. The van der Waals surface area contributed by atoms with Crippen LogP contribution < -0.4 is 0 Å². The van der Waals surface area contributed by atoms with Crippen LogP contribution in [-0.4, -0.2) is 5.78 Å². The summed E-state index contributed by atoms with van der Waals surface area (Å²) in [5, 5.41) is 0. The van der Waals surface area contributed by atoms with Gasteiger partial charge in [-0.05, 0) is 19.3 Å². The Hall–Kier alpha value is -0.590. The summed E-state index contributed by atoms with van der Waals surface area (Å²) in [4.78, 5) is 11.0. The van der Waals surface area contributed by atoms with E-state index in [1.54, 1.807) is 0 Å². The molecule has 1 nitrogen and oxygen atoms in total. The van der Waals surface area contributed by atoms with E-state index in [1.807, 2.05) is 0 Å². The highest BCUT2D eigenvalue weighted by Crippen LogP contribution is 2.17. The van der Waals surface area contributed by atoms with E-state index in [0.717, 1.165) is 24.8 Å². The standard InChI is InChI=1S/C9H14O/c1-8-5-3-2-4-6-9(10)7-8/h1-7H2. The van der Waals surface area contributed by atoms with Crippen LogP contribution >= 0.6 is 0 Å². The van der Waals surface area contributed by atoms with Crippen molar-refractivity contribution in [1.29, 1.82) is 0 Å². The molecule has 1 aliphatic carbocycles. The zero-order chi connectivity index (χ0) is 7.40. The molecule has 1 saturated carbocycles. The second-order valence-corrected chi connectivity index (χ2v) is 3.03. The fourth-order valence-electron chi connectivity index (χ4n) is 1.33. The predicted octanol–water partition coefficient (Wildman–Crippen LogP) is 2.47. The first kappa shape index (κ1) is 7.52. The van der Waals surface area contributed by atoms with Crippen LogP contribution in [0, 0.1) is 0 Å². The topological polar surface area (TPSA) is 17.1 Å². The van der Waals surface area contributed by atoms with Gasteiger partial charge >= 0.3 is 0 Å². The summed E-state index contributed by atoms with van der Waals surface area (Å²) >= 11 is 0. The summed E-state index contributed by atoms with van der Waals surface area (Å²) in [7, 11) is 0. The molecule has 0 aromatic heterocycles. The minimum Gasteiger partial charge on any atom is -0.299 e. The lowest BCUT2D eigenvalue weighted by Crippen LogP contribution is -2.02. The third-order valence-corrected chi connectivity index (χ3v) is 1.93. The van der Waals surface area contributed by atoms with E-state index in [4.69, 9.17) is 0 Å². The van der Waals surface area contributed by atoms with Crippen LogP contribution in [0.4, 0.5) is 0 Å². The molecule has 0 aromatic rings. The molecular formula is C9H14O. The van der Waals surface area contributed by atoms with Gasteiger partial charge in [0.1, 0.15) is 5.78 Å². The highest BCUT2D eigenvalue weighted by atomic mass is 16.1. The Kier molecular flexibility index (Phi) is 2.67. The van der Waals surface area contributed by atoms with Gasteiger partial charge in [0, 0.05) is 12.8 Å². The Morgan fingerprint density at radius 2 is 1.80 bits per heavy atom. The molecule has 56 valence electrons. The number of allylic oxidation sites excluding steroid dienone is 1. The number of carbonyl (C=O) groups excluding carboxylic acids is 1. The minimum absolute atomic E-state index is 0.379. The Bertz CT molecular complexity index is 131. The first-order valence-electron chi connectivity index (χ1n) is 3.97. The van der Waals surface area contributed by atoms with Gasteiger partial charge in [0.25, 0.3) is 0 Å². The van der Waals surface area contributed by atoms with Gasteiger partial charge in [0.15, 0.2) is 0 Å². The molecule has 0 N–H and O–H groups in total. The van der Waals surface area contributed by atoms with Crippen LogP contribution in [0.1, 0.15) is 38.5 Å². The van der Waals surface area contributed by atoms with Gasteiger partial charge in [-0.3, -0.25) is 4.79 Å². The molecule has 0 spiro atoms. The smallest absolute Gasteiger partial charge is 0.136 e. The Balaban J connectivity index is 2.40. The molecule has 0 amide bonds. The first-order valence-corrected chi connectivity index (χ1v) is 3.97. The molecule has 0 radical (unpaired) electrons.